The van der Waals surface area contributed by atoms with Crippen LogP contribution in [0.15, 0.2) is 30.6 Å². The second-order valence-electron chi connectivity index (χ2n) is 7.67. The minimum atomic E-state index is -0.576. The minimum Gasteiger partial charge on any atom is -0.376 e. The topological polar surface area (TPSA) is 73.4 Å². The SMILES string of the molecule is COC1(C(N)C(=O)N2CCCC(n3cnc4ccccc43)C2)CCCC1. The summed E-state index contributed by atoms with van der Waals surface area (Å²) in [6, 6.07) is 7.82. The van der Waals surface area contributed by atoms with Gasteiger partial charge in [0.05, 0.1) is 29.0 Å². The van der Waals surface area contributed by atoms with E-state index in [1.807, 2.05) is 29.4 Å². The first-order chi connectivity index (χ1) is 12.6. The van der Waals surface area contributed by atoms with Gasteiger partial charge in [0.1, 0.15) is 6.04 Å². The fourth-order valence-electron chi connectivity index (χ4n) is 4.69. The van der Waals surface area contributed by atoms with Crippen LogP contribution in [0.2, 0.25) is 0 Å². The van der Waals surface area contributed by atoms with E-state index in [1.54, 1.807) is 7.11 Å². The molecule has 6 nitrogen and oxygen atoms in total. The third-order valence-corrected chi connectivity index (χ3v) is 6.27. The summed E-state index contributed by atoms with van der Waals surface area (Å²) in [5.74, 6) is 0.0304. The van der Waals surface area contributed by atoms with E-state index in [2.05, 4.69) is 15.6 Å². The third kappa shape index (κ3) is 2.91. The van der Waals surface area contributed by atoms with E-state index in [1.165, 1.54) is 0 Å². The summed E-state index contributed by atoms with van der Waals surface area (Å²) in [4.78, 5) is 19.6. The molecule has 140 valence electrons. The van der Waals surface area contributed by atoms with Crippen molar-refractivity contribution in [2.24, 2.45) is 5.73 Å². The van der Waals surface area contributed by atoms with E-state index in [0.29, 0.717) is 6.54 Å². The van der Waals surface area contributed by atoms with Gasteiger partial charge in [-0.2, -0.15) is 0 Å². The van der Waals surface area contributed by atoms with E-state index in [-0.39, 0.29) is 11.9 Å². The molecule has 1 aromatic carbocycles. The fourth-order valence-corrected chi connectivity index (χ4v) is 4.69. The highest BCUT2D eigenvalue weighted by atomic mass is 16.5. The molecule has 2 aliphatic rings. The first-order valence-electron chi connectivity index (χ1n) is 9.66. The Hall–Kier alpha value is -1.92. The molecule has 2 heterocycles. The molecule has 2 unspecified atom stereocenters. The van der Waals surface area contributed by atoms with Crippen molar-refractivity contribution in [3.05, 3.63) is 30.6 Å². The van der Waals surface area contributed by atoms with Crippen molar-refractivity contribution in [2.75, 3.05) is 20.2 Å². The number of amides is 1. The van der Waals surface area contributed by atoms with Gasteiger partial charge in [-0.15, -0.1) is 0 Å². The minimum absolute atomic E-state index is 0.0304. The largest absolute Gasteiger partial charge is 0.376 e. The van der Waals surface area contributed by atoms with Crippen LogP contribution >= 0.6 is 0 Å². The number of para-hydroxylation sites is 2. The first kappa shape index (κ1) is 17.5. The number of nitrogens with two attached hydrogens (primary N) is 1. The molecule has 2 aromatic rings. The number of nitrogens with zero attached hydrogens (tertiary/aromatic N) is 3. The number of hydrogen-bond acceptors (Lipinski definition) is 4. The molecular formula is C20H28N4O2. The number of methoxy groups -OCH3 is 1. The molecule has 0 radical (unpaired) electrons. The lowest BCUT2D eigenvalue weighted by Crippen LogP contribution is -2.58. The molecule has 1 saturated carbocycles. The van der Waals surface area contributed by atoms with Gasteiger partial charge in [0.15, 0.2) is 0 Å². The molecule has 6 heteroatoms. The molecular weight excluding hydrogens is 328 g/mol. The number of rotatable bonds is 4. The molecule has 0 spiro atoms. The average Bonchev–Trinajstić information content (AvgIpc) is 3.34. The summed E-state index contributed by atoms with van der Waals surface area (Å²) in [5, 5.41) is 0. The maximum absolute atomic E-state index is 13.1. The summed E-state index contributed by atoms with van der Waals surface area (Å²) in [7, 11) is 1.69. The highest BCUT2D eigenvalue weighted by Gasteiger charge is 2.45. The Labute approximate surface area is 154 Å². The first-order valence-corrected chi connectivity index (χ1v) is 9.66. The number of fused-ring (bicyclic) bond motifs is 1. The van der Waals surface area contributed by atoms with Crippen LogP contribution in [-0.4, -0.2) is 52.2 Å². The van der Waals surface area contributed by atoms with Crippen molar-refractivity contribution in [2.45, 2.75) is 56.2 Å². The lowest BCUT2D eigenvalue weighted by Gasteiger charge is -2.39. The number of imidazole rings is 1. The Morgan fingerprint density at radius 1 is 1.31 bits per heavy atom. The zero-order valence-electron chi connectivity index (χ0n) is 15.4. The Bertz CT molecular complexity index is 781. The Kier molecular flexibility index (Phi) is 4.71. The molecule has 4 rings (SSSR count). The monoisotopic (exact) mass is 356 g/mol. The Balaban J connectivity index is 1.52. The van der Waals surface area contributed by atoms with E-state index in [9.17, 15) is 4.79 Å². The van der Waals surface area contributed by atoms with Crippen LogP contribution in [0, 0.1) is 0 Å². The highest BCUT2D eigenvalue weighted by molar-refractivity contribution is 5.83. The maximum atomic E-state index is 13.1. The van der Waals surface area contributed by atoms with Crippen LogP contribution < -0.4 is 5.73 Å². The summed E-state index contributed by atoms with van der Waals surface area (Å²) in [6.45, 7) is 1.46. The quantitative estimate of drug-likeness (QED) is 0.913. The number of piperidine rings is 1. The summed E-state index contributed by atoms with van der Waals surface area (Å²) < 4.78 is 7.95. The number of aromatic nitrogens is 2. The molecule has 1 aliphatic carbocycles. The van der Waals surface area contributed by atoms with Crippen LogP contribution in [0.4, 0.5) is 0 Å². The summed E-state index contributed by atoms with van der Waals surface area (Å²) >= 11 is 0. The second kappa shape index (κ2) is 7.00. The fraction of sp³-hybridized carbons (Fsp3) is 0.600. The van der Waals surface area contributed by atoms with Gasteiger partial charge in [-0.1, -0.05) is 25.0 Å². The van der Waals surface area contributed by atoms with Crippen molar-refractivity contribution in [3.63, 3.8) is 0 Å². The predicted octanol–water partition coefficient (Wildman–Crippen LogP) is 2.49. The molecule has 1 aliphatic heterocycles. The smallest absolute Gasteiger partial charge is 0.242 e. The number of likely N-dealkylation sites (tertiary alicyclic amines) is 1. The van der Waals surface area contributed by atoms with Crippen molar-refractivity contribution in [1.29, 1.82) is 0 Å². The summed E-state index contributed by atoms with van der Waals surface area (Å²) in [6.07, 6.45) is 7.85. The zero-order valence-corrected chi connectivity index (χ0v) is 15.4. The molecule has 1 aromatic heterocycles. The van der Waals surface area contributed by atoms with Gasteiger partial charge in [0.2, 0.25) is 5.91 Å². The number of carbonyl (C=O) groups excluding carboxylic acids is 1. The van der Waals surface area contributed by atoms with Crippen molar-refractivity contribution in [3.8, 4) is 0 Å². The van der Waals surface area contributed by atoms with Gasteiger partial charge in [-0.3, -0.25) is 4.79 Å². The third-order valence-electron chi connectivity index (χ3n) is 6.27. The average molecular weight is 356 g/mol. The van der Waals surface area contributed by atoms with Crippen LogP contribution in [0.25, 0.3) is 11.0 Å². The molecule has 2 fully saturated rings. The van der Waals surface area contributed by atoms with E-state index in [4.69, 9.17) is 10.5 Å². The van der Waals surface area contributed by atoms with Gasteiger partial charge in [0.25, 0.3) is 0 Å². The number of hydrogen-bond donors (Lipinski definition) is 1. The second-order valence-corrected chi connectivity index (χ2v) is 7.67. The van der Waals surface area contributed by atoms with Gasteiger partial charge in [-0.05, 0) is 37.8 Å². The standard InChI is InChI=1S/C20H28N4O2/c1-26-20(10-4-5-11-20)18(21)19(25)23-12-6-7-15(13-23)24-14-22-16-8-2-3-9-17(16)24/h2-3,8-9,14-15,18H,4-7,10-13,21H2,1H3. The van der Waals surface area contributed by atoms with Gasteiger partial charge in [-0.25, -0.2) is 4.98 Å². The Morgan fingerprint density at radius 2 is 2.08 bits per heavy atom. The number of carbonyl (C=O) groups is 1. The lowest BCUT2D eigenvalue weighted by atomic mass is 9.90. The van der Waals surface area contributed by atoms with Crippen LogP contribution in [0.5, 0.6) is 0 Å². The van der Waals surface area contributed by atoms with Crippen LogP contribution in [0.3, 0.4) is 0 Å². The van der Waals surface area contributed by atoms with Crippen LogP contribution in [0.1, 0.15) is 44.6 Å². The molecule has 2 N–H and O–H groups in total. The van der Waals surface area contributed by atoms with Gasteiger partial charge >= 0.3 is 0 Å². The highest BCUT2D eigenvalue weighted by Crippen LogP contribution is 2.36. The van der Waals surface area contributed by atoms with Crippen molar-refractivity contribution in [1.82, 2.24) is 14.5 Å². The molecule has 26 heavy (non-hydrogen) atoms. The lowest BCUT2D eigenvalue weighted by molar-refractivity contribution is -0.142. The zero-order chi connectivity index (χ0) is 18.1. The normalized spacial score (nSPS) is 24.1. The van der Waals surface area contributed by atoms with Crippen molar-refractivity contribution >= 4 is 16.9 Å². The molecule has 0 bridgehead atoms. The van der Waals surface area contributed by atoms with E-state index < -0.39 is 11.6 Å². The predicted molar refractivity (Wildman–Crippen MR) is 101 cm³/mol. The van der Waals surface area contributed by atoms with Crippen LogP contribution in [-0.2, 0) is 9.53 Å². The van der Waals surface area contributed by atoms with Gasteiger partial charge < -0.3 is 19.9 Å². The van der Waals surface area contributed by atoms with E-state index in [0.717, 1.165) is 56.1 Å². The van der Waals surface area contributed by atoms with Gasteiger partial charge in [0, 0.05) is 20.2 Å². The summed E-state index contributed by atoms with van der Waals surface area (Å²) in [5.41, 5.74) is 8.06. The number of benzene rings is 1. The molecule has 1 amide bonds. The maximum Gasteiger partial charge on any atom is 0.242 e. The molecule has 1 saturated heterocycles. The van der Waals surface area contributed by atoms with Crippen molar-refractivity contribution < 1.29 is 9.53 Å². The van der Waals surface area contributed by atoms with E-state index >= 15 is 0 Å². The molecule has 2 atom stereocenters. The number of ether oxygens (including phenoxy) is 1. The Morgan fingerprint density at radius 3 is 2.85 bits per heavy atom.